The smallest absolute Gasteiger partial charge is 0.261 e. The molecule has 2 aromatic carbocycles. The number of sulfone groups is 1. The van der Waals surface area contributed by atoms with Gasteiger partial charge in [0.2, 0.25) is 0 Å². The summed E-state index contributed by atoms with van der Waals surface area (Å²) in [5.41, 5.74) is 2.90. The minimum absolute atomic E-state index is 0.212. The van der Waals surface area contributed by atoms with E-state index in [4.69, 9.17) is 4.74 Å². The Bertz CT molecular complexity index is 904. The topological polar surface area (TPSA) is 72.5 Å². The molecule has 146 valence electrons. The maximum Gasteiger partial charge on any atom is 0.261 e. The normalized spacial score (nSPS) is 13.7. The highest BCUT2D eigenvalue weighted by atomic mass is 32.2. The number of aryl methyl sites for hydroxylation is 2. The molecule has 0 radical (unpaired) electrons. The van der Waals surface area contributed by atoms with Crippen molar-refractivity contribution in [2.75, 3.05) is 6.26 Å². The Balaban J connectivity index is 2.08. The Kier molecular flexibility index (Phi) is 6.65. The standard InChI is InChI=1S/C21H27NO4S/c1-6-19(17-9-11-18(12-10-17)27(5,24)25)22-21(23)16(4)26-20-13-14(2)7-8-15(20)3/h7-13,16,19H,6H2,1-5H3,(H,22,23)/t16-,19+/m1/s1. The molecule has 1 amide bonds. The van der Waals surface area contributed by atoms with Gasteiger partial charge in [0.05, 0.1) is 10.9 Å². The molecular weight excluding hydrogens is 362 g/mol. The Labute approximate surface area is 161 Å². The molecule has 0 aliphatic carbocycles. The van der Waals surface area contributed by atoms with Crippen LogP contribution < -0.4 is 10.1 Å². The molecule has 0 unspecified atom stereocenters. The van der Waals surface area contributed by atoms with E-state index in [0.717, 1.165) is 16.7 Å². The zero-order valence-electron chi connectivity index (χ0n) is 16.4. The average molecular weight is 390 g/mol. The fourth-order valence-electron chi connectivity index (χ4n) is 2.74. The summed E-state index contributed by atoms with van der Waals surface area (Å²) < 4.78 is 29.0. The second-order valence-corrected chi connectivity index (χ2v) is 8.86. The fraction of sp³-hybridized carbons (Fsp3) is 0.381. The highest BCUT2D eigenvalue weighted by molar-refractivity contribution is 7.90. The molecule has 0 saturated heterocycles. The summed E-state index contributed by atoms with van der Waals surface area (Å²) in [6.07, 6.45) is 1.21. The summed E-state index contributed by atoms with van der Waals surface area (Å²) >= 11 is 0. The van der Waals surface area contributed by atoms with Gasteiger partial charge in [-0.1, -0.05) is 31.2 Å². The van der Waals surface area contributed by atoms with Gasteiger partial charge in [-0.3, -0.25) is 4.79 Å². The van der Waals surface area contributed by atoms with Crippen molar-refractivity contribution in [3.05, 3.63) is 59.2 Å². The zero-order valence-corrected chi connectivity index (χ0v) is 17.3. The molecule has 1 N–H and O–H groups in total. The second-order valence-electron chi connectivity index (χ2n) is 6.84. The molecule has 0 spiro atoms. The van der Waals surface area contributed by atoms with Crippen LogP contribution in [-0.2, 0) is 14.6 Å². The summed E-state index contributed by atoms with van der Waals surface area (Å²) in [6.45, 7) is 7.60. The summed E-state index contributed by atoms with van der Waals surface area (Å²) in [4.78, 5) is 12.8. The van der Waals surface area contributed by atoms with Gasteiger partial charge in [-0.25, -0.2) is 8.42 Å². The van der Waals surface area contributed by atoms with Gasteiger partial charge in [0.15, 0.2) is 15.9 Å². The molecule has 2 aromatic rings. The number of rotatable bonds is 7. The number of hydrogen-bond donors (Lipinski definition) is 1. The van der Waals surface area contributed by atoms with Crippen molar-refractivity contribution in [1.82, 2.24) is 5.32 Å². The van der Waals surface area contributed by atoms with Crippen molar-refractivity contribution in [1.29, 1.82) is 0 Å². The molecule has 0 saturated carbocycles. The second kappa shape index (κ2) is 8.57. The number of nitrogens with one attached hydrogen (secondary N) is 1. The van der Waals surface area contributed by atoms with Crippen LogP contribution in [0, 0.1) is 13.8 Å². The van der Waals surface area contributed by atoms with E-state index in [1.54, 1.807) is 31.2 Å². The molecular formula is C21H27NO4S. The van der Waals surface area contributed by atoms with E-state index in [2.05, 4.69) is 5.32 Å². The predicted molar refractivity (Wildman–Crippen MR) is 107 cm³/mol. The van der Waals surface area contributed by atoms with Crippen LogP contribution in [0.4, 0.5) is 0 Å². The minimum atomic E-state index is -3.24. The average Bonchev–Trinajstić information content (AvgIpc) is 2.61. The Morgan fingerprint density at radius 3 is 2.30 bits per heavy atom. The van der Waals surface area contributed by atoms with Crippen LogP contribution >= 0.6 is 0 Å². The number of carbonyl (C=O) groups excluding carboxylic acids is 1. The lowest BCUT2D eigenvalue weighted by Crippen LogP contribution is -2.38. The van der Waals surface area contributed by atoms with Crippen LogP contribution in [0.3, 0.4) is 0 Å². The third-order valence-corrected chi connectivity index (χ3v) is 5.58. The minimum Gasteiger partial charge on any atom is -0.481 e. The van der Waals surface area contributed by atoms with Gasteiger partial charge in [0.25, 0.3) is 5.91 Å². The highest BCUT2D eigenvalue weighted by Crippen LogP contribution is 2.22. The van der Waals surface area contributed by atoms with Gasteiger partial charge in [-0.15, -0.1) is 0 Å². The Morgan fingerprint density at radius 1 is 1.11 bits per heavy atom. The van der Waals surface area contributed by atoms with Crippen LogP contribution in [0.1, 0.15) is 43.0 Å². The number of carbonyl (C=O) groups is 1. The van der Waals surface area contributed by atoms with E-state index in [9.17, 15) is 13.2 Å². The maximum absolute atomic E-state index is 12.6. The van der Waals surface area contributed by atoms with Crippen LogP contribution in [-0.4, -0.2) is 26.7 Å². The largest absolute Gasteiger partial charge is 0.481 e. The number of amides is 1. The first-order valence-corrected chi connectivity index (χ1v) is 10.8. The molecule has 27 heavy (non-hydrogen) atoms. The Hall–Kier alpha value is -2.34. The SMILES string of the molecule is CC[C@H](NC(=O)[C@@H](C)Oc1cc(C)ccc1C)c1ccc(S(C)(=O)=O)cc1. The Morgan fingerprint density at radius 2 is 1.74 bits per heavy atom. The third kappa shape index (κ3) is 5.57. The highest BCUT2D eigenvalue weighted by Gasteiger charge is 2.20. The summed E-state index contributed by atoms with van der Waals surface area (Å²) in [5, 5.41) is 2.98. The third-order valence-electron chi connectivity index (χ3n) is 4.45. The molecule has 2 atom stereocenters. The van der Waals surface area contributed by atoms with Gasteiger partial charge in [-0.05, 0) is 62.1 Å². The number of hydrogen-bond acceptors (Lipinski definition) is 4. The number of benzene rings is 2. The molecule has 0 bridgehead atoms. The van der Waals surface area contributed by atoms with Crippen molar-refractivity contribution in [2.24, 2.45) is 0 Å². The van der Waals surface area contributed by atoms with E-state index in [0.29, 0.717) is 12.2 Å². The first-order chi connectivity index (χ1) is 12.6. The first-order valence-electron chi connectivity index (χ1n) is 8.96. The lowest BCUT2D eigenvalue weighted by molar-refractivity contribution is -0.128. The van der Waals surface area contributed by atoms with Crippen molar-refractivity contribution in [2.45, 2.75) is 51.2 Å². The van der Waals surface area contributed by atoms with Crippen molar-refractivity contribution in [3.63, 3.8) is 0 Å². The van der Waals surface area contributed by atoms with Gasteiger partial charge < -0.3 is 10.1 Å². The summed E-state index contributed by atoms with van der Waals surface area (Å²) in [5.74, 6) is 0.484. The van der Waals surface area contributed by atoms with Gasteiger partial charge >= 0.3 is 0 Å². The van der Waals surface area contributed by atoms with Crippen LogP contribution in [0.15, 0.2) is 47.4 Å². The molecule has 2 rings (SSSR count). The first kappa shape index (κ1) is 21.0. The van der Waals surface area contributed by atoms with E-state index in [-0.39, 0.29) is 16.8 Å². The lowest BCUT2D eigenvalue weighted by atomic mass is 10.0. The van der Waals surface area contributed by atoms with E-state index in [1.807, 2.05) is 39.0 Å². The van der Waals surface area contributed by atoms with Gasteiger partial charge in [0.1, 0.15) is 5.75 Å². The van der Waals surface area contributed by atoms with E-state index < -0.39 is 15.9 Å². The van der Waals surface area contributed by atoms with Gasteiger partial charge in [0, 0.05) is 6.26 Å². The van der Waals surface area contributed by atoms with Gasteiger partial charge in [-0.2, -0.15) is 0 Å². The van der Waals surface area contributed by atoms with Crippen molar-refractivity contribution in [3.8, 4) is 5.75 Å². The van der Waals surface area contributed by atoms with E-state index >= 15 is 0 Å². The van der Waals surface area contributed by atoms with Crippen LogP contribution in [0.2, 0.25) is 0 Å². The molecule has 0 aromatic heterocycles. The summed E-state index contributed by atoms with van der Waals surface area (Å²) in [6, 6.07) is 12.3. The number of ether oxygens (including phenoxy) is 1. The van der Waals surface area contributed by atoms with Crippen LogP contribution in [0.25, 0.3) is 0 Å². The van der Waals surface area contributed by atoms with Crippen molar-refractivity contribution >= 4 is 15.7 Å². The molecule has 6 heteroatoms. The molecule has 0 aliphatic rings. The predicted octanol–water partition coefficient (Wildman–Crippen LogP) is 3.74. The molecule has 0 fully saturated rings. The quantitative estimate of drug-likeness (QED) is 0.783. The monoisotopic (exact) mass is 389 g/mol. The lowest BCUT2D eigenvalue weighted by Gasteiger charge is -2.22. The van der Waals surface area contributed by atoms with Crippen molar-refractivity contribution < 1.29 is 17.9 Å². The summed E-state index contributed by atoms with van der Waals surface area (Å²) in [7, 11) is -3.24. The molecule has 0 aliphatic heterocycles. The van der Waals surface area contributed by atoms with Crippen LogP contribution in [0.5, 0.6) is 5.75 Å². The fourth-order valence-corrected chi connectivity index (χ4v) is 3.37. The van der Waals surface area contributed by atoms with E-state index in [1.165, 1.54) is 6.26 Å². The zero-order chi connectivity index (χ0) is 20.2. The molecule has 0 heterocycles. The maximum atomic E-state index is 12.6. The molecule has 5 nitrogen and oxygen atoms in total.